The number of fused-ring (bicyclic) bond motifs is 1. The summed E-state index contributed by atoms with van der Waals surface area (Å²) in [5.41, 5.74) is 8.24. The van der Waals surface area contributed by atoms with Crippen LogP contribution in [0.5, 0.6) is 0 Å². The molecule has 3 rings (SSSR count). The minimum Gasteiger partial charge on any atom is -0.366 e. The van der Waals surface area contributed by atoms with Crippen molar-refractivity contribution in [2.24, 2.45) is 5.73 Å². The summed E-state index contributed by atoms with van der Waals surface area (Å²) >= 11 is 0. The monoisotopic (exact) mass is 281 g/mol. The van der Waals surface area contributed by atoms with Crippen LogP contribution in [0.25, 0.3) is 10.9 Å². The van der Waals surface area contributed by atoms with Gasteiger partial charge in [-0.1, -0.05) is 30.3 Å². The molecule has 21 heavy (non-hydrogen) atoms. The maximum Gasteiger partial charge on any atom is 0.249 e. The maximum atomic E-state index is 11.7. The third kappa shape index (κ3) is 2.38. The van der Waals surface area contributed by atoms with Crippen molar-refractivity contribution in [2.45, 2.75) is 19.8 Å². The van der Waals surface area contributed by atoms with Crippen LogP contribution >= 0.6 is 0 Å². The highest BCUT2D eigenvalue weighted by atomic mass is 16.5. The summed E-state index contributed by atoms with van der Waals surface area (Å²) in [6.45, 7) is 3.81. The molecule has 0 bridgehead atoms. The second-order valence-corrected chi connectivity index (χ2v) is 5.06. The highest BCUT2D eigenvalue weighted by Crippen LogP contribution is 2.26. The molecule has 3 aromatic rings. The van der Waals surface area contributed by atoms with Crippen LogP contribution in [0.1, 0.15) is 40.3 Å². The normalized spacial score (nSPS) is 12.5. The molecule has 0 aliphatic carbocycles. The zero-order chi connectivity index (χ0) is 15.0. The lowest BCUT2D eigenvalue weighted by Crippen LogP contribution is -2.13. The molecule has 0 radical (unpaired) electrons. The number of carbonyl (C=O) groups is 1. The van der Waals surface area contributed by atoms with E-state index in [1.807, 2.05) is 44.2 Å². The van der Waals surface area contributed by atoms with Crippen molar-refractivity contribution in [3.63, 3.8) is 0 Å². The second kappa shape index (κ2) is 5.01. The van der Waals surface area contributed by atoms with Crippen LogP contribution in [0.2, 0.25) is 0 Å². The number of para-hydroxylation sites is 1. The Balaban J connectivity index is 2.17. The van der Waals surface area contributed by atoms with E-state index in [-0.39, 0.29) is 5.92 Å². The van der Waals surface area contributed by atoms with Crippen molar-refractivity contribution in [3.05, 3.63) is 59.1 Å². The van der Waals surface area contributed by atoms with Gasteiger partial charge in [-0.25, -0.2) is 0 Å². The van der Waals surface area contributed by atoms with E-state index in [1.54, 1.807) is 6.07 Å². The molecule has 106 valence electrons. The maximum absolute atomic E-state index is 11.7. The Labute approximate surface area is 121 Å². The van der Waals surface area contributed by atoms with E-state index < -0.39 is 5.91 Å². The van der Waals surface area contributed by atoms with Gasteiger partial charge in [-0.15, -0.1) is 0 Å². The SMILES string of the molecule is Cc1cc([C@@H](C)c2cc(C(N)=O)c3ccccc3n2)no1. The lowest BCUT2D eigenvalue weighted by Gasteiger charge is -2.11. The van der Waals surface area contributed by atoms with Gasteiger partial charge >= 0.3 is 0 Å². The fourth-order valence-electron chi connectivity index (χ4n) is 2.36. The molecule has 2 N–H and O–H groups in total. The molecular formula is C16H15N3O2. The number of amides is 1. The van der Waals surface area contributed by atoms with Crippen LogP contribution in [-0.4, -0.2) is 16.0 Å². The van der Waals surface area contributed by atoms with E-state index >= 15 is 0 Å². The molecule has 5 nitrogen and oxygen atoms in total. The van der Waals surface area contributed by atoms with Crippen molar-refractivity contribution >= 4 is 16.8 Å². The van der Waals surface area contributed by atoms with Gasteiger partial charge in [-0.2, -0.15) is 0 Å². The highest BCUT2D eigenvalue weighted by Gasteiger charge is 2.18. The van der Waals surface area contributed by atoms with Gasteiger partial charge in [-0.3, -0.25) is 9.78 Å². The summed E-state index contributed by atoms with van der Waals surface area (Å²) < 4.78 is 5.10. The van der Waals surface area contributed by atoms with E-state index in [0.29, 0.717) is 5.56 Å². The van der Waals surface area contributed by atoms with Crippen LogP contribution in [-0.2, 0) is 0 Å². The molecule has 2 aromatic heterocycles. The van der Waals surface area contributed by atoms with Gasteiger partial charge in [0.25, 0.3) is 0 Å². The Kier molecular flexibility index (Phi) is 3.17. The first-order chi connectivity index (χ1) is 10.1. The molecule has 5 heteroatoms. The zero-order valence-corrected chi connectivity index (χ0v) is 11.8. The fourth-order valence-corrected chi connectivity index (χ4v) is 2.36. The van der Waals surface area contributed by atoms with Crippen LogP contribution in [0.4, 0.5) is 0 Å². The number of aromatic nitrogens is 2. The molecule has 0 aliphatic heterocycles. The summed E-state index contributed by atoms with van der Waals surface area (Å²) in [7, 11) is 0. The van der Waals surface area contributed by atoms with Gasteiger partial charge in [0.2, 0.25) is 5.91 Å². The smallest absolute Gasteiger partial charge is 0.249 e. The number of hydrogen-bond donors (Lipinski definition) is 1. The second-order valence-electron chi connectivity index (χ2n) is 5.06. The van der Waals surface area contributed by atoms with Gasteiger partial charge in [-0.05, 0) is 19.1 Å². The average molecular weight is 281 g/mol. The summed E-state index contributed by atoms with van der Waals surface area (Å²) in [6, 6.07) is 11.1. The van der Waals surface area contributed by atoms with Crippen molar-refractivity contribution < 1.29 is 9.32 Å². The molecule has 0 aliphatic rings. The predicted octanol–water partition coefficient (Wildman–Crippen LogP) is 2.78. The Bertz CT molecular complexity index is 823. The number of primary amides is 1. The number of aryl methyl sites for hydroxylation is 1. The highest BCUT2D eigenvalue weighted by molar-refractivity contribution is 6.05. The standard InChI is InChI=1S/C16H15N3O2/c1-9-7-15(19-21-9)10(2)14-8-12(16(17)20)11-5-3-4-6-13(11)18-14/h3-8,10H,1-2H3,(H2,17,20)/t10-/m0/s1. The third-order valence-electron chi connectivity index (χ3n) is 3.53. The molecule has 1 atom stereocenters. The van der Waals surface area contributed by atoms with Crippen molar-refractivity contribution in [1.29, 1.82) is 0 Å². The number of pyridine rings is 1. The van der Waals surface area contributed by atoms with Crippen LogP contribution < -0.4 is 5.73 Å². The molecule has 0 saturated carbocycles. The number of hydrogen-bond acceptors (Lipinski definition) is 4. The lowest BCUT2D eigenvalue weighted by atomic mass is 9.98. The lowest BCUT2D eigenvalue weighted by molar-refractivity contribution is 0.100. The minimum atomic E-state index is -0.460. The Hall–Kier alpha value is -2.69. The molecular weight excluding hydrogens is 266 g/mol. The summed E-state index contributed by atoms with van der Waals surface area (Å²) in [5.74, 6) is 0.205. The Morgan fingerprint density at radius 2 is 2.00 bits per heavy atom. The van der Waals surface area contributed by atoms with Crippen molar-refractivity contribution in [2.75, 3.05) is 0 Å². The van der Waals surface area contributed by atoms with Crippen molar-refractivity contribution in [3.8, 4) is 0 Å². The average Bonchev–Trinajstić information content (AvgIpc) is 2.91. The minimum absolute atomic E-state index is 0.0786. The predicted molar refractivity (Wildman–Crippen MR) is 79.0 cm³/mol. The Morgan fingerprint density at radius 1 is 1.24 bits per heavy atom. The van der Waals surface area contributed by atoms with Crippen LogP contribution in [0.15, 0.2) is 40.9 Å². The molecule has 0 saturated heterocycles. The van der Waals surface area contributed by atoms with Gasteiger partial charge < -0.3 is 10.3 Å². The van der Waals surface area contributed by atoms with E-state index in [1.165, 1.54) is 0 Å². The van der Waals surface area contributed by atoms with E-state index in [0.717, 1.165) is 28.1 Å². The summed E-state index contributed by atoms with van der Waals surface area (Å²) in [4.78, 5) is 16.3. The van der Waals surface area contributed by atoms with Crippen LogP contribution in [0.3, 0.4) is 0 Å². The van der Waals surface area contributed by atoms with E-state index in [9.17, 15) is 4.79 Å². The number of benzene rings is 1. The first-order valence-electron chi connectivity index (χ1n) is 6.69. The van der Waals surface area contributed by atoms with Gasteiger partial charge in [0.1, 0.15) is 5.76 Å². The van der Waals surface area contributed by atoms with E-state index in [2.05, 4.69) is 10.1 Å². The first kappa shape index (κ1) is 13.3. The molecule has 0 unspecified atom stereocenters. The number of nitrogens with two attached hydrogens (primary N) is 1. The Morgan fingerprint density at radius 3 is 2.67 bits per heavy atom. The zero-order valence-electron chi connectivity index (χ0n) is 11.8. The topological polar surface area (TPSA) is 82.0 Å². The first-order valence-corrected chi connectivity index (χ1v) is 6.69. The number of carbonyl (C=O) groups excluding carboxylic acids is 1. The summed E-state index contributed by atoms with van der Waals surface area (Å²) in [6.07, 6.45) is 0. The molecule has 1 amide bonds. The summed E-state index contributed by atoms with van der Waals surface area (Å²) in [5, 5.41) is 4.78. The van der Waals surface area contributed by atoms with Crippen LogP contribution in [0, 0.1) is 6.92 Å². The van der Waals surface area contributed by atoms with Gasteiger partial charge in [0.05, 0.1) is 22.5 Å². The largest absolute Gasteiger partial charge is 0.366 e. The number of rotatable bonds is 3. The number of nitrogens with zero attached hydrogens (tertiary/aromatic N) is 2. The molecule has 2 heterocycles. The van der Waals surface area contributed by atoms with Crippen molar-refractivity contribution in [1.82, 2.24) is 10.1 Å². The fraction of sp³-hybridized carbons (Fsp3) is 0.188. The quantitative estimate of drug-likeness (QED) is 0.800. The van der Waals surface area contributed by atoms with E-state index in [4.69, 9.17) is 10.3 Å². The molecule has 0 spiro atoms. The molecule has 1 aromatic carbocycles. The van der Waals surface area contributed by atoms with Gasteiger partial charge in [0, 0.05) is 17.4 Å². The third-order valence-corrected chi connectivity index (χ3v) is 3.53. The van der Waals surface area contributed by atoms with Gasteiger partial charge in [0.15, 0.2) is 0 Å². The molecule has 0 fully saturated rings.